The van der Waals surface area contributed by atoms with Crippen LogP contribution in [0.3, 0.4) is 0 Å². The first-order valence-electron chi connectivity index (χ1n) is 4.53. The van der Waals surface area contributed by atoms with Crippen LogP contribution in [-0.4, -0.2) is 15.2 Å². The Bertz CT molecular complexity index is 425. The fraction of sp³-hybridized carbons (Fsp3) is 0.222. The summed E-state index contributed by atoms with van der Waals surface area (Å²) in [6.45, 7) is 1.78. The Labute approximate surface area is 86.5 Å². The van der Waals surface area contributed by atoms with Crippen LogP contribution in [0.1, 0.15) is 18.9 Å². The van der Waals surface area contributed by atoms with E-state index in [4.69, 9.17) is 10.2 Å². The second-order valence-electron chi connectivity index (χ2n) is 3.07. The molecular weight excluding hydrogens is 194 g/mol. The molecule has 2 aromatic rings. The van der Waals surface area contributed by atoms with Crippen LogP contribution in [0, 0.1) is 0 Å². The minimum atomic E-state index is -0.267. The molecule has 0 radical (unpaired) electrons. The SMILES string of the molecule is CC(N)c1nnc(Nc2ccccn2)o1. The summed E-state index contributed by atoms with van der Waals surface area (Å²) in [5.41, 5.74) is 5.58. The molecule has 0 saturated carbocycles. The van der Waals surface area contributed by atoms with Gasteiger partial charge in [-0.1, -0.05) is 11.2 Å². The quantitative estimate of drug-likeness (QED) is 0.783. The van der Waals surface area contributed by atoms with Crippen LogP contribution < -0.4 is 11.1 Å². The topological polar surface area (TPSA) is 89.9 Å². The van der Waals surface area contributed by atoms with Crippen molar-refractivity contribution in [2.24, 2.45) is 5.73 Å². The number of nitrogens with one attached hydrogen (secondary N) is 1. The third-order valence-corrected chi connectivity index (χ3v) is 1.73. The van der Waals surface area contributed by atoms with Crippen molar-refractivity contribution in [1.82, 2.24) is 15.2 Å². The molecule has 0 aliphatic rings. The average Bonchev–Trinajstić information content (AvgIpc) is 2.68. The monoisotopic (exact) mass is 205 g/mol. The van der Waals surface area contributed by atoms with Crippen molar-refractivity contribution >= 4 is 11.8 Å². The van der Waals surface area contributed by atoms with Crippen LogP contribution >= 0.6 is 0 Å². The molecule has 0 amide bonds. The summed E-state index contributed by atoms with van der Waals surface area (Å²) in [7, 11) is 0. The molecule has 0 bridgehead atoms. The molecule has 0 aromatic carbocycles. The zero-order valence-electron chi connectivity index (χ0n) is 8.21. The molecule has 2 aromatic heterocycles. The van der Waals surface area contributed by atoms with Crippen LogP contribution in [0.2, 0.25) is 0 Å². The van der Waals surface area contributed by atoms with Crippen molar-refractivity contribution in [3.8, 4) is 0 Å². The van der Waals surface area contributed by atoms with Gasteiger partial charge in [-0.2, -0.15) is 0 Å². The van der Waals surface area contributed by atoms with Crippen molar-refractivity contribution in [3.05, 3.63) is 30.3 Å². The fourth-order valence-electron chi connectivity index (χ4n) is 1.02. The first kappa shape index (κ1) is 9.60. The van der Waals surface area contributed by atoms with Gasteiger partial charge in [0, 0.05) is 6.20 Å². The fourth-order valence-corrected chi connectivity index (χ4v) is 1.02. The number of anilines is 2. The molecule has 1 unspecified atom stereocenters. The zero-order chi connectivity index (χ0) is 10.7. The Balaban J connectivity index is 2.12. The number of hydrogen-bond acceptors (Lipinski definition) is 6. The molecule has 15 heavy (non-hydrogen) atoms. The molecule has 0 fully saturated rings. The summed E-state index contributed by atoms with van der Waals surface area (Å²) in [6.07, 6.45) is 1.67. The Kier molecular flexibility index (Phi) is 2.59. The minimum absolute atomic E-state index is 0.267. The van der Waals surface area contributed by atoms with Gasteiger partial charge in [-0.05, 0) is 19.1 Å². The lowest BCUT2D eigenvalue weighted by molar-refractivity contribution is 0.475. The molecule has 3 N–H and O–H groups in total. The number of pyridine rings is 1. The van der Waals surface area contributed by atoms with Gasteiger partial charge in [0.1, 0.15) is 5.82 Å². The number of hydrogen-bond donors (Lipinski definition) is 2. The average molecular weight is 205 g/mol. The summed E-state index contributed by atoms with van der Waals surface area (Å²) in [4.78, 5) is 4.06. The maximum absolute atomic E-state index is 5.58. The summed E-state index contributed by atoms with van der Waals surface area (Å²) in [5, 5.41) is 10.4. The van der Waals surface area contributed by atoms with Gasteiger partial charge >= 0.3 is 6.01 Å². The maximum Gasteiger partial charge on any atom is 0.321 e. The van der Waals surface area contributed by atoms with Crippen molar-refractivity contribution in [1.29, 1.82) is 0 Å². The molecule has 6 heteroatoms. The van der Waals surface area contributed by atoms with Crippen molar-refractivity contribution < 1.29 is 4.42 Å². The molecule has 2 heterocycles. The van der Waals surface area contributed by atoms with Gasteiger partial charge in [0.15, 0.2) is 0 Å². The minimum Gasteiger partial charge on any atom is -0.406 e. The summed E-state index contributed by atoms with van der Waals surface area (Å²) in [6, 6.07) is 5.51. The molecule has 6 nitrogen and oxygen atoms in total. The van der Waals surface area contributed by atoms with Crippen LogP contribution in [0.15, 0.2) is 28.8 Å². The van der Waals surface area contributed by atoms with Crippen molar-refractivity contribution in [2.75, 3.05) is 5.32 Å². The molecule has 0 aliphatic heterocycles. The molecule has 0 saturated heterocycles. The van der Waals surface area contributed by atoms with E-state index in [0.717, 1.165) is 0 Å². The highest BCUT2D eigenvalue weighted by molar-refractivity contribution is 5.44. The molecular formula is C9H11N5O. The van der Waals surface area contributed by atoms with Gasteiger partial charge in [-0.25, -0.2) is 4.98 Å². The first-order valence-corrected chi connectivity index (χ1v) is 4.53. The predicted octanol–water partition coefficient (Wildman–Crippen LogP) is 1.23. The van der Waals surface area contributed by atoms with Crippen molar-refractivity contribution in [3.63, 3.8) is 0 Å². The van der Waals surface area contributed by atoms with Gasteiger partial charge in [0.2, 0.25) is 5.89 Å². The van der Waals surface area contributed by atoms with E-state index in [2.05, 4.69) is 20.5 Å². The van der Waals surface area contributed by atoms with Crippen LogP contribution in [0.25, 0.3) is 0 Å². The van der Waals surface area contributed by atoms with E-state index in [1.54, 1.807) is 19.2 Å². The molecule has 0 aliphatic carbocycles. The Morgan fingerprint density at radius 1 is 1.40 bits per heavy atom. The van der Waals surface area contributed by atoms with Gasteiger partial charge in [-0.15, -0.1) is 5.10 Å². The van der Waals surface area contributed by atoms with E-state index in [0.29, 0.717) is 17.7 Å². The molecule has 1 atom stereocenters. The highest BCUT2D eigenvalue weighted by Crippen LogP contribution is 2.14. The lowest BCUT2D eigenvalue weighted by atomic mass is 10.4. The van der Waals surface area contributed by atoms with Gasteiger partial charge < -0.3 is 10.2 Å². The number of nitrogens with zero attached hydrogens (tertiary/aromatic N) is 3. The summed E-state index contributed by atoms with van der Waals surface area (Å²) < 4.78 is 5.25. The Morgan fingerprint density at radius 2 is 2.27 bits per heavy atom. The molecule has 78 valence electrons. The third kappa shape index (κ3) is 2.29. The lowest BCUT2D eigenvalue weighted by Gasteiger charge is -1.98. The van der Waals surface area contributed by atoms with Crippen LogP contribution in [-0.2, 0) is 0 Å². The lowest BCUT2D eigenvalue weighted by Crippen LogP contribution is -2.04. The number of rotatable bonds is 3. The van der Waals surface area contributed by atoms with Gasteiger partial charge in [0.05, 0.1) is 6.04 Å². The van der Waals surface area contributed by atoms with E-state index in [-0.39, 0.29) is 6.04 Å². The van der Waals surface area contributed by atoms with Gasteiger partial charge in [0.25, 0.3) is 0 Å². The van der Waals surface area contributed by atoms with E-state index in [9.17, 15) is 0 Å². The van der Waals surface area contributed by atoms with E-state index >= 15 is 0 Å². The van der Waals surface area contributed by atoms with E-state index in [1.807, 2.05) is 12.1 Å². The van der Waals surface area contributed by atoms with Gasteiger partial charge in [-0.3, -0.25) is 5.32 Å². The number of aromatic nitrogens is 3. The predicted molar refractivity (Wildman–Crippen MR) is 54.4 cm³/mol. The second-order valence-corrected chi connectivity index (χ2v) is 3.07. The first-order chi connectivity index (χ1) is 7.25. The van der Waals surface area contributed by atoms with E-state index < -0.39 is 0 Å². The normalized spacial score (nSPS) is 12.4. The summed E-state index contributed by atoms with van der Waals surface area (Å²) in [5.74, 6) is 1.05. The Morgan fingerprint density at radius 3 is 2.87 bits per heavy atom. The summed E-state index contributed by atoms with van der Waals surface area (Å²) >= 11 is 0. The Hall–Kier alpha value is -1.95. The number of nitrogens with two attached hydrogens (primary N) is 1. The second kappa shape index (κ2) is 4.05. The third-order valence-electron chi connectivity index (χ3n) is 1.73. The highest BCUT2D eigenvalue weighted by atomic mass is 16.4. The van der Waals surface area contributed by atoms with E-state index in [1.165, 1.54) is 0 Å². The smallest absolute Gasteiger partial charge is 0.321 e. The molecule has 0 spiro atoms. The zero-order valence-corrected chi connectivity index (χ0v) is 8.21. The van der Waals surface area contributed by atoms with Crippen LogP contribution in [0.5, 0.6) is 0 Å². The largest absolute Gasteiger partial charge is 0.406 e. The standard InChI is InChI=1S/C9H11N5O/c1-6(10)8-13-14-9(15-8)12-7-4-2-3-5-11-7/h2-6H,10H2,1H3,(H,11,12,14). The van der Waals surface area contributed by atoms with Crippen molar-refractivity contribution in [2.45, 2.75) is 13.0 Å². The van der Waals surface area contributed by atoms with Crippen LogP contribution in [0.4, 0.5) is 11.8 Å². The molecule has 2 rings (SSSR count). The highest BCUT2D eigenvalue weighted by Gasteiger charge is 2.09. The maximum atomic E-state index is 5.58.